The first-order valence-electron chi connectivity index (χ1n) is 10.2. The number of fused-ring (bicyclic) bond motifs is 1. The van der Waals surface area contributed by atoms with Crippen LogP contribution in [0.1, 0.15) is 38.3 Å². The molecule has 10 heteroatoms. The van der Waals surface area contributed by atoms with Crippen LogP contribution in [0.3, 0.4) is 0 Å². The Balaban J connectivity index is 1.75. The molecule has 2 aliphatic heterocycles. The van der Waals surface area contributed by atoms with E-state index in [4.69, 9.17) is 4.74 Å². The molecule has 8 nitrogen and oxygen atoms in total. The van der Waals surface area contributed by atoms with Gasteiger partial charge >= 0.3 is 6.09 Å². The topological polar surface area (TPSA) is 105 Å². The molecule has 2 aliphatic rings. The first-order valence-corrected chi connectivity index (χ1v) is 12.9. The summed E-state index contributed by atoms with van der Waals surface area (Å²) in [4.78, 5) is 30.4. The number of hydrogen-bond acceptors (Lipinski definition) is 6. The molecular formula is C21H29N3O5S2. The molecule has 0 unspecified atom stereocenters. The first-order chi connectivity index (χ1) is 14.3. The van der Waals surface area contributed by atoms with Crippen LogP contribution in [-0.4, -0.2) is 60.5 Å². The third-order valence-corrected chi connectivity index (χ3v) is 8.13. The zero-order valence-corrected chi connectivity index (χ0v) is 20.1. The molecule has 0 aromatic heterocycles. The van der Waals surface area contributed by atoms with Gasteiger partial charge in [-0.25, -0.2) is 13.2 Å². The molecule has 2 fully saturated rings. The van der Waals surface area contributed by atoms with Gasteiger partial charge in [-0.15, -0.1) is 0 Å². The van der Waals surface area contributed by atoms with Crippen LogP contribution in [0.5, 0.6) is 0 Å². The molecule has 2 heterocycles. The van der Waals surface area contributed by atoms with Crippen molar-refractivity contribution in [3.63, 3.8) is 0 Å². The summed E-state index contributed by atoms with van der Waals surface area (Å²) in [7, 11) is -3.12. The monoisotopic (exact) mass is 467 g/mol. The lowest BCUT2D eigenvalue weighted by Crippen LogP contribution is -2.38. The minimum Gasteiger partial charge on any atom is -0.444 e. The molecule has 2 atom stereocenters. The number of aliphatic imine (C=N–C) groups is 1. The van der Waals surface area contributed by atoms with E-state index in [-0.39, 0.29) is 41.7 Å². The predicted octanol–water partition coefficient (Wildman–Crippen LogP) is 2.82. The van der Waals surface area contributed by atoms with Gasteiger partial charge in [-0.05, 0) is 51.8 Å². The van der Waals surface area contributed by atoms with Gasteiger partial charge in [-0.2, -0.15) is 4.99 Å². The summed E-state index contributed by atoms with van der Waals surface area (Å²) in [6, 6.07) is 5.72. The van der Waals surface area contributed by atoms with Crippen LogP contribution in [0, 0.1) is 13.8 Å². The van der Waals surface area contributed by atoms with Crippen molar-refractivity contribution < 1.29 is 22.7 Å². The van der Waals surface area contributed by atoms with Crippen molar-refractivity contribution in [3.8, 4) is 0 Å². The van der Waals surface area contributed by atoms with E-state index in [9.17, 15) is 18.0 Å². The number of nitrogens with one attached hydrogen (secondary N) is 1. The second kappa shape index (κ2) is 8.82. The Hall–Kier alpha value is -2.07. The quantitative estimate of drug-likeness (QED) is 0.726. The molecule has 3 rings (SSSR count). The maximum atomic E-state index is 12.5. The second-order valence-corrected chi connectivity index (χ2v) is 12.3. The van der Waals surface area contributed by atoms with Crippen molar-refractivity contribution >= 4 is 44.5 Å². The highest BCUT2D eigenvalue weighted by Gasteiger charge is 2.49. The normalized spacial score (nSPS) is 23.6. The van der Waals surface area contributed by atoms with Crippen LogP contribution < -0.4 is 10.2 Å². The molecule has 1 aromatic rings. The van der Waals surface area contributed by atoms with E-state index in [0.717, 1.165) is 16.8 Å². The number of benzene rings is 1. The molecular weight excluding hydrogens is 438 g/mol. The van der Waals surface area contributed by atoms with Crippen LogP contribution in [0.25, 0.3) is 0 Å². The number of carbonyl (C=O) groups excluding carboxylic acids is 2. The van der Waals surface area contributed by atoms with E-state index in [0.29, 0.717) is 5.17 Å². The zero-order valence-electron chi connectivity index (χ0n) is 18.5. The van der Waals surface area contributed by atoms with Crippen LogP contribution in [0.4, 0.5) is 10.5 Å². The Labute approximate surface area is 187 Å². The van der Waals surface area contributed by atoms with E-state index in [2.05, 4.69) is 10.3 Å². The summed E-state index contributed by atoms with van der Waals surface area (Å²) in [5, 5.41) is 2.91. The van der Waals surface area contributed by atoms with Gasteiger partial charge in [0.2, 0.25) is 5.91 Å². The molecule has 0 radical (unpaired) electrons. The molecule has 0 saturated carbocycles. The molecule has 0 aliphatic carbocycles. The lowest BCUT2D eigenvalue weighted by Gasteiger charge is -2.26. The smallest absolute Gasteiger partial charge is 0.407 e. The highest BCUT2D eigenvalue weighted by atomic mass is 32.2. The van der Waals surface area contributed by atoms with Crippen LogP contribution in [-0.2, 0) is 19.4 Å². The van der Waals surface area contributed by atoms with Crippen LogP contribution in [0.15, 0.2) is 23.2 Å². The minimum atomic E-state index is -3.12. The Bertz CT molecular complexity index is 1010. The Kier molecular flexibility index (Phi) is 6.71. The van der Waals surface area contributed by atoms with Gasteiger partial charge in [-0.3, -0.25) is 4.79 Å². The van der Waals surface area contributed by atoms with Gasteiger partial charge in [0, 0.05) is 23.9 Å². The molecule has 1 aromatic carbocycles. The molecule has 2 saturated heterocycles. The maximum absolute atomic E-state index is 12.5. The number of nitrogens with zero attached hydrogens (tertiary/aromatic N) is 2. The van der Waals surface area contributed by atoms with Crippen molar-refractivity contribution in [2.45, 2.75) is 57.9 Å². The highest BCUT2D eigenvalue weighted by Crippen LogP contribution is 2.42. The summed E-state index contributed by atoms with van der Waals surface area (Å²) < 4.78 is 29.6. The summed E-state index contributed by atoms with van der Waals surface area (Å²) >= 11 is 1.34. The van der Waals surface area contributed by atoms with Gasteiger partial charge in [0.25, 0.3) is 0 Å². The first kappa shape index (κ1) is 23.6. The largest absolute Gasteiger partial charge is 0.444 e. The number of thioether (sulfide) groups is 1. The average Bonchev–Trinajstić information content (AvgIpc) is 3.06. The zero-order chi connectivity index (χ0) is 23.0. The molecule has 0 bridgehead atoms. The summed E-state index contributed by atoms with van der Waals surface area (Å²) in [6.45, 7) is 9.33. The van der Waals surface area contributed by atoms with Crippen LogP contribution in [0.2, 0.25) is 0 Å². The summed E-state index contributed by atoms with van der Waals surface area (Å²) in [5.74, 6) is -0.251. The lowest BCUT2D eigenvalue weighted by atomic mass is 10.1. The standard InChI is InChI=1S/C21H29N3O5S2/c1-13-6-7-14(2)15(10-13)24-16-11-31(27,28)12-17(16)30-19(24)23-18(25)8-9-22-20(26)29-21(3,4)5/h6-7,10,16-17H,8-9,11-12H2,1-5H3,(H,22,26)/t16-,17+/m0/s1. The molecule has 170 valence electrons. The number of rotatable bonds is 4. The molecule has 31 heavy (non-hydrogen) atoms. The molecule has 0 spiro atoms. The number of alkyl carbamates (subject to hydrolysis) is 1. The number of carbonyl (C=O) groups is 2. The van der Waals surface area contributed by atoms with E-state index < -0.39 is 21.5 Å². The van der Waals surface area contributed by atoms with Gasteiger partial charge in [0.05, 0.1) is 17.5 Å². The fourth-order valence-electron chi connectivity index (χ4n) is 3.57. The number of amidine groups is 1. The number of hydrogen-bond donors (Lipinski definition) is 1. The lowest BCUT2D eigenvalue weighted by molar-refractivity contribution is -0.117. The summed E-state index contributed by atoms with van der Waals surface area (Å²) in [6.07, 6.45) is -0.558. The number of ether oxygens (including phenoxy) is 1. The van der Waals surface area contributed by atoms with E-state index in [1.54, 1.807) is 20.8 Å². The number of sulfone groups is 1. The SMILES string of the molecule is Cc1ccc(C)c(N2C(=NC(=O)CCNC(=O)OC(C)(C)C)S[C@@H]3CS(=O)(=O)C[C@@H]32)c1. The Morgan fingerprint density at radius 1 is 1.26 bits per heavy atom. The predicted molar refractivity (Wildman–Crippen MR) is 124 cm³/mol. The molecule has 2 amide bonds. The Morgan fingerprint density at radius 2 is 1.97 bits per heavy atom. The third-order valence-electron chi connectivity index (χ3n) is 4.92. The number of anilines is 1. The Morgan fingerprint density at radius 3 is 2.65 bits per heavy atom. The summed E-state index contributed by atoms with van der Waals surface area (Å²) in [5.41, 5.74) is 2.29. The van der Waals surface area contributed by atoms with Crippen molar-refractivity contribution in [1.82, 2.24) is 5.32 Å². The fraction of sp³-hybridized carbons (Fsp3) is 0.571. The van der Waals surface area contributed by atoms with Crippen molar-refractivity contribution in [2.75, 3.05) is 23.0 Å². The van der Waals surface area contributed by atoms with Gasteiger partial charge in [0.15, 0.2) is 15.0 Å². The number of aryl methyl sites for hydroxylation is 2. The van der Waals surface area contributed by atoms with Gasteiger partial charge < -0.3 is 15.0 Å². The van der Waals surface area contributed by atoms with Crippen molar-refractivity contribution in [1.29, 1.82) is 0 Å². The van der Waals surface area contributed by atoms with Crippen molar-refractivity contribution in [3.05, 3.63) is 29.3 Å². The molecule has 1 N–H and O–H groups in total. The average molecular weight is 468 g/mol. The van der Waals surface area contributed by atoms with E-state index >= 15 is 0 Å². The highest BCUT2D eigenvalue weighted by molar-refractivity contribution is 8.16. The van der Waals surface area contributed by atoms with E-state index in [1.165, 1.54) is 11.8 Å². The van der Waals surface area contributed by atoms with Gasteiger partial charge in [-0.1, -0.05) is 23.9 Å². The maximum Gasteiger partial charge on any atom is 0.407 e. The second-order valence-electron chi connectivity index (χ2n) is 8.93. The minimum absolute atomic E-state index is 0.0254. The fourth-order valence-corrected chi connectivity index (χ4v) is 7.50. The van der Waals surface area contributed by atoms with Crippen LogP contribution >= 0.6 is 11.8 Å². The third kappa shape index (κ3) is 6.00. The van der Waals surface area contributed by atoms with E-state index in [1.807, 2.05) is 36.9 Å². The number of amides is 2. The van der Waals surface area contributed by atoms with Crippen molar-refractivity contribution in [2.24, 2.45) is 4.99 Å². The van der Waals surface area contributed by atoms with Gasteiger partial charge in [0.1, 0.15) is 5.60 Å².